The third-order valence-corrected chi connectivity index (χ3v) is 4.47. The number of benzene rings is 3. The molecular formula is C24H16N6. The van der Waals surface area contributed by atoms with Gasteiger partial charge in [0.05, 0.1) is 23.3 Å². The Morgan fingerprint density at radius 1 is 0.633 bits per heavy atom. The van der Waals surface area contributed by atoms with Gasteiger partial charge in [-0.1, -0.05) is 30.3 Å². The fraction of sp³-hybridized carbons (Fsp3) is 0.0417. The van der Waals surface area contributed by atoms with E-state index in [2.05, 4.69) is 32.4 Å². The first-order chi connectivity index (χ1) is 14.7. The van der Waals surface area contributed by atoms with Gasteiger partial charge in [-0.25, -0.2) is 4.98 Å². The van der Waals surface area contributed by atoms with Crippen LogP contribution in [0.2, 0.25) is 0 Å². The first kappa shape index (κ1) is 18.8. The summed E-state index contributed by atoms with van der Waals surface area (Å²) in [5, 5.41) is 21.3. The predicted octanol–water partition coefficient (Wildman–Crippen LogP) is 4.56. The van der Waals surface area contributed by atoms with Gasteiger partial charge in [0.25, 0.3) is 0 Å². The quantitative estimate of drug-likeness (QED) is 0.538. The van der Waals surface area contributed by atoms with E-state index in [-0.39, 0.29) is 0 Å². The molecule has 0 bridgehead atoms. The van der Waals surface area contributed by atoms with Crippen molar-refractivity contribution >= 4 is 5.95 Å². The van der Waals surface area contributed by atoms with E-state index in [1.807, 2.05) is 54.6 Å². The number of rotatable bonds is 5. The van der Waals surface area contributed by atoms with E-state index in [0.29, 0.717) is 35.3 Å². The van der Waals surface area contributed by atoms with Crippen LogP contribution in [0.1, 0.15) is 16.7 Å². The maximum atomic E-state index is 9.03. The number of anilines is 1. The molecule has 0 radical (unpaired) electrons. The maximum absolute atomic E-state index is 9.03. The number of nitrogens with zero attached hydrogens (tertiary/aromatic N) is 5. The van der Waals surface area contributed by atoms with E-state index in [1.165, 1.54) is 0 Å². The van der Waals surface area contributed by atoms with Crippen LogP contribution >= 0.6 is 0 Å². The molecule has 6 nitrogen and oxygen atoms in total. The zero-order chi connectivity index (χ0) is 20.8. The summed E-state index contributed by atoms with van der Waals surface area (Å²) in [5.74, 6) is 1.46. The highest BCUT2D eigenvalue weighted by molar-refractivity contribution is 5.64. The van der Waals surface area contributed by atoms with Gasteiger partial charge in [0.2, 0.25) is 5.95 Å². The molecule has 1 heterocycles. The van der Waals surface area contributed by atoms with Crippen molar-refractivity contribution in [2.75, 3.05) is 5.32 Å². The highest BCUT2D eigenvalue weighted by Crippen LogP contribution is 2.22. The maximum Gasteiger partial charge on any atom is 0.227 e. The minimum absolute atomic E-state index is 0.451. The minimum Gasteiger partial charge on any atom is -0.350 e. The van der Waals surface area contributed by atoms with Crippen LogP contribution in [0.3, 0.4) is 0 Å². The smallest absolute Gasteiger partial charge is 0.227 e. The van der Waals surface area contributed by atoms with Crippen LogP contribution in [0.15, 0.2) is 78.9 Å². The molecule has 0 aliphatic rings. The Hall–Kier alpha value is -4.55. The van der Waals surface area contributed by atoms with Gasteiger partial charge in [-0.3, -0.25) is 0 Å². The minimum atomic E-state index is 0.451. The van der Waals surface area contributed by atoms with Crippen molar-refractivity contribution in [1.29, 1.82) is 10.5 Å². The molecule has 30 heavy (non-hydrogen) atoms. The van der Waals surface area contributed by atoms with Gasteiger partial charge in [-0.15, -0.1) is 0 Å². The van der Waals surface area contributed by atoms with E-state index >= 15 is 0 Å². The fourth-order valence-electron chi connectivity index (χ4n) is 2.88. The molecule has 142 valence electrons. The van der Waals surface area contributed by atoms with Gasteiger partial charge in [0, 0.05) is 17.7 Å². The Kier molecular flexibility index (Phi) is 5.41. The van der Waals surface area contributed by atoms with Crippen LogP contribution < -0.4 is 5.32 Å². The Morgan fingerprint density at radius 3 is 1.60 bits per heavy atom. The van der Waals surface area contributed by atoms with E-state index in [4.69, 9.17) is 10.5 Å². The molecule has 0 aliphatic heterocycles. The molecule has 0 aliphatic carbocycles. The Labute approximate surface area is 174 Å². The SMILES string of the molecule is N#Cc1ccc(-c2nc(NCc3ccccc3)nc(-c3ccc(C#N)cc3)n2)cc1. The van der Waals surface area contributed by atoms with Gasteiger partial charge < -0.3 is 5.32 Å². The second-order valence-corrected chi connectivity index (χ2v) is 6.52. The van der Waals surface area contributed by atoms with Crippen molar-refractivity contribution in [3.8, 4) is 34.9 Å². The summed E-state index contributed by atoms with van der Waals surface area (Å²) in [6.45, 7) is 0.574. The summed E-state index contributed by atoms with van der Waals surface area (Å²) in [6, 6.07) is 28.4. The summed E-state index contributed by atoms with van der Waals surface area (Å²) < 4.78 is 0. The van der Waals surface area contributed by atoms with Crippen LogP contribution in [-0.2, 0) is 6.54 Å². The van der Waals surface area contributed by atoms with Crippen LogP contribution in [0.25, 0.3) is 22.8 Å². The number of hydrogen-bond acceptors (Lipinski definition) is 6. The normalized spacial score (nSPS) is 10.1. The molecule has 1 aromatic heterocycles. The average molecular weight is 388 g/mol. The van der Waals surface area contributed by atoms with Gasteiger partial charge in [0.15, 0.2) is 11.6 Å². The van der Waals surface area contributed by atoms with Crippen molar-refractivity contribution in [3.63, 3.8) is 0 Å². The molecule has 0 saturated heterocycles. The largest absolute Gasteiger partial charge is 0.350 e. The number of aromatic nitrogens is 3. The highest BCUT2D eigenvalue weighted by atomic mass is 15.2. The molecule has 0 spiro atoms. The Balaban J connectivity index is 1.72. The molecule has 0 amide bonds. The second kappa shape index (κ2) is 8.64. The van der Waals surface area contributed by atoms with E-state index in [9.17, 15) is 0 Å². The van der Waals surface area contributed by atoms with E-state index in [0.717, 1.165) is 16.7 Å². The lowest BCUT2D eigenvalue weighted by molar-refractivity contribution is 1.01. The molecule has 4 rings (SSSR count). The zero-order valence-corrected chi connectivity index (χ0v) is 15.9. The summed E-state index contributed by atoms with van der Waals surface area (Å²) in [7, 11) is 0. The molecule has 0 fully saturated rings. The van der Waals surface area contributed by atoms with E-state index in [1.54, 1.807) is 24.3 Å². The zero-order valence-electron chi connectivity index (χ0n) is 15.9. The molecule has 0 saturated carbocycles. The lowest BCUT2D eigenvalue weighted by Gasteiger charge is -2.10. The molecular weight excluding hydrogens is 372 g/mol. The van der Waals surface area contributed by atoms with Crippen molar-refractivity contribution < 1.29 is 0 Å². The third kappa shape index (κ3) is 4.30. The summed E-state index contributed by atoms with van der Waals surface area (Å²) in [4.78, 5) is 13.7. The summed E-state index contributed by atoms with van der Waals surface area (Å²) in [6.07, 6.45) is 0. The Morgan fingerprint density at radius 2 is 1.13 bits per heavy atom. The molecule has 1 N–H and O–H groups in total. The van der Waals surface area contributed by atoms with Crippen LogP contribution in [0.5, 0.6) is 0 Å². The predicted molar refractivity (Wildman–Crippen MR) is 114 cm³/mol. The Bertz CT molecular complexity index is 1160. The van der Waals surface area contributed by atoms with Gasteiger partial charge >= 0.3 is 0 Å². The van der Waals surface area contributed by atoms with E-state index < -0.39 is 0 Å². The van der Waals surface area contributed by atoms with Gasteiger partial charge in [-0.2, -0.15) is 20.5 Å². The van der Waals surface area contributed by atoms with Crippen molar-refractivity contribution in [2.45, 2.75) is 6.54 Å². The molecule has 0 unspecified atom stereocenters. The third-order valence-electron chi connectivity index (χ3n) is 4.47. The van der Waals surface area contributed by atoms with Crippen molar-refractivity contribution in [3.05, 3.63) is 95.6 Å². The number of hydrogen-bond donors (Lipinski definition) is 1. The number of nitrogens with one attached hydrogen (secondary N) is 1. The molecule has 3 aromatic carbocycles. The lowest BCUT2D eigenvalue weighted by atomic mass is 10.1. The van der Waals surface area contributed by atoms with Crippen LogP contribution in [-0.4, -0.2) is 15.0 Å². The molecule has 0 atom stereocenters. The van der Waals surface area contributed by atoms with Gasteiger partial charge in [-0.05, 0) is 54.1 Å². The molecule has 4 aromatic rings. The first-order valence-corrected chi connectivity index (χ1v) is 9.30. The number of nitriles is 2. The summed E-state index contributed by atoms with van der Waals surface area (Å²) in [5.41, 5.74) is 3.82. The topological polar surface area (TPSA) is 98.3 Å². The second-order valence-electron chi connectivity index (χ2n) is 6.52. The van der Waals surface area contributed by atoms with Crippen LogP contribution in [0.4, 0.5) is 5.95 Å². The lowest BCUT2D eigenvalue weighted by Crippen LogP contribution is -2.07. The van der Waals surface area contributed by atoms with Crippen molar-refractivity contribution in [1.82, 2.24) is 15.0 Å². The van der Waals surface area contributed by atoms with Crippen LogP contribution in [0, 0.1) is 22.7 Å². The highest BCUT2D eigenvalue weighted by Gasteiger charge is 2.11. The fourth-order valence-corrected chi connectivity index (χ4v) is 2.88. The first-order valence-electron chi connectivity index (χ1n) is 9.30. The standard InChI is InChI=1S/C24H16N6/c25-14-17-6-10-20(11-7-17)22-28-23(21-12-8-18(15-26)9-13-21)30-24(29-22)27-16-19-4-2-1-3-5-19/h1-13H,16H2,(H,27,28,29,30). The average Bonchev–Trinajstić information content (AvgIpc) is 2.83. The molecule has 6 heteroatoms. The summed E-state index contributed by atoms with van der Waals surface area (Å²) >= 11 is 0. The van der Waals surface area contributed by atoms with Gasteiger partial charge in [0.1, 0.15) is 0 Å². The van der Waals surface area contributed by atoms with Crippen molar-refractivity contribution in [2.24, 2.45) is 0 Å². The monoisotopic (exact) mass is 388 g/mol.